The largest absolute Gasteiger partial charge is 0.369 e. The Hall–Kier alpha value is -0.730. The van der Waals surface area contributed by atoms with Gasteiger partial charge >= 0.3 is 0 Å². The lowest BCUT2D eigenvalue weighted by molar-refractivity contribution is 0.469. The van der Waals surface area contributed by atoms with Crippen LogP contribution >= 0.6 is 11.6 Å². The molecule has 0 aliphatic heterocycles. The molecule has 17 heavy (non-hydrogen) atoms. The van der Waals surface area contributed by atoms with Crippen LogP contribution in [0, 0.1) is 0 Å². The van der Waals surface area contributed by atoms with Crippen molar-refractivity contribution in [3.05, 3.63) is 28.8 Å². The second-order valence-corrected chi connectivity index (χ2v) is 5.40. The highest BCUT2D eigenvalue weighted by Gasteiger charge is 2.23. The first-order valence-corrected chi connectivity index (χ1v) is 6.47. The molecule has 0 heterocycles. The summed E-state index contributed by atoms with van der Waals surface area (Å²) in [5.74, 6) is 0. The number of hydrogen-bond acceptors (Lipinski definition) is 2. The first-order valence-electron chi connectivity index (χ1n) is 6.10. The van der Waals surface area contributed by atoms with Crippen LogP contribution in [0.25, 0.3) is 0 Å². The van der Waals surface area contributed by atoms with Crippen LogP contribution in [-0.2, 0) is 6.54 Å². The third-order valence-corrected chi connectivity index (χ3v) is 3.94. The van der Waals surface area contributed by atoms with Gasteiger partial charge in [0.15, 0.2) is 0 Å². The molecule has 0 unspecified atom stereocenters. The average Bonchev–Trinajstić information content (AvgIpc) is 2.31. The molecule has 2 nitrogen and oxygen atoms in total. The summed E-state index contributed by atoms with van der Waals surface area (Å²) in [6, 6.07) is 6.10. The molecule has 0 radical (unpaired) electrons. The Morgan fingerprint density at radius 3 is 2.53 bits per heavy atom. The summed E-state index contributed by atoms with van der Waals surface area (Å²) in [4.78, 5) is 2.31. The molecule has 0 aliphatic rings. The van der Waals surface area contributed by atoms with E-state index in [9.17, 15) is 0 Å². The Balaban J connectivity index is 3.17. The van der Waals surface area contributed by atoms with E-state index in [1.54, 1.807) is 0 Å². The van der Waals surface area contributed by atoms with Crippen LogP contribution in [0.1, 0.15) is 32.8 Å². The van der Waals surface area contributed by atoms with E-state index in [1.165, 1.54) is 11.3 Å². The molecule has 0 aromatic heterocycles. The predicted molar refractivity (Wildman–Crippen MR) is 77.0 cm³/mol. The van der Waals surface area contributed by atoms with Crippen molar-refractivity contribution in [3.8, 4) is 0 Å². The number of benzene rings is 1. The molecule has 0 amide bonds. The zero-order valence-corrected chi connectivity index (χ0v) is 12.2. The van der Waals surface area contributed by atoms with Crippen LogP contribution in [0.5, 0.6) is 0 Å². The molecule has 1 aromatic rings. The maximum absolute atomic E-state index is 6.28. The summed E-state index contributed by atoms with van der Waals surface area (Å²) < 4.78 is 0. The van der Waals surface area contributed by atoms with Gasteiger partial charge in [0.25, 0.3) is 0 Å². The predicted octanol–water partition coefficient (Wildman–Crippen LogP) is 3.68. The molecule has 1 rings (SSSR count). The van der Waals surface area contributed by atoms with Gasteiger partial charge in [0.1, 0.15) is 0 Å². The molecule has 0 atom stereocenters. The van der Waals surface area contributed by atoms with Gasteiger partial charge in [0.05, 0.1) is 0 Å². The molecule has 0 aliphatic carbocycles. The van der Waals surface area contributed by atoms with Gasteiger partial charge in [0.2, 0.25) is 0 Å². The fourth-order valence-electron chi connectivity index (χ4n) is 1.78. The average molecular weight is 255 g/mol. The van der Waals surface area contributed by atoms with Crippen LogP contribution in [0.4, 0.5) is 5.69 Å². The highest BCUT2D eigenvalue weighted by molar-refractivity contribution is 6.31. The zero-order chi connectivity index (χ0) is 13.1. The summed E-state index contributed by atoms with van der Waals surface area (Å²) in [6.07, 6.45) is 1.09. The Bertz CT molecular complexity index is 374. The van der Waals surface area contributed by atoms with Gasteiger partial charge in [-0.2, -0.15) is 0 Å². The van der Waals surface area contributed by atoms with Gasteiger partial charge in [0, 0.05) is 35.4 Å². The van der Waals surface area contributed by atoms with Gasteiger partial charge < -0.3 is 10.2 Å². The maximum atomic E-state index is 6.28. The number of halogens is 1. The third-order valence-electron chi connectivity index (χ3n) is 3.58. The normalized spacial score (nSPS) is 11.6. The minimum atomic E-state index is 0.132. The summed E-state index contributed by atoms with van der Waals surface area (Å²) in [7, 11) is 4.08. The lowest BCUT2D eigenvalue weighted by Crippen LogP contribution is -2.41. The van der Waals surface area contributed by atoms with Crippen LogP contribution in [0.15, 0.2) is 18.2 Å². The van der Waals surface area contributed by atoms with E-state index in [4.69, 9.17) is 11.6 Å². The topological polar surface area (TPSA) is 15.3 Å². The number of rotatable bonds is 5. The van der Waals surface area contributed by atoms with Crippen molar-refractivity contribution < 1.29 is 0 Å². The molecule has 96 valence electrons. The monoisotopic (exact) mass is 254 g/mol. The van der Waals surface area contributed by atoms with Crippen molar-refractivity contribution in [1.82, 2.24) is 5.32 Å². The summed E-state index contributed by atoms with van der Waals surface area (Å²) in [6.45, 7) is 7.49. The van der Waals surface area contributed by atoms with Crippen molar-refractivity contribution in [2.24, 2.45) is 0 Å². The minimum absolute atomic E-state index is 0.132. The SMILES string of the molecule is CCC(C)(C)N(C)c1cccc(Cl)c1CNC. The highest BCUT2D eigenvalue weighted by atomic mass is 35.5. The Labute approximate surface area is 110 Å². The molecule has 0 bridgehead atoms. The quantitative estimate of drug-likeness (QED) is 0.862. The Morgan fingerprint density at radius 2 is 2.00 bits per heavy atom. The van der Waals surface area contributed by atoms with E-state index >= 15 is 0 Å². The number of anilines is 1. The van der Waals surface area contributed by atoms with Crippen molar-refractivity contribution >= 4 is 17.3 Å². The van der Waals surface area contributed by atoms with Crippen LogP contribution in [0.3, 0.4) is 0 Å². The Kier molecular flexibility index (Phi) is 4.84. The zero-order valence-electron chi connectivity index (χ0n) is 11.5. The van der Waals surface area contributed by atoms with Gasteiger partial charge in [-0.05, 0) is 39.4 Å². The second kappa shape index (κ2) is 5.74. The van der Waals surface area contributed by atoms with Crippen molar-refractivity contribution in [3.63, 3.8) is 0 Å². The van der Waals surface area contributed by atoms with Gasteiger partial charge in [-0.25, -0.2) is 0 Å². The molecule has 0 saturated carbocycles. The number of nitrogens with zero attached hydrogens (tertiary/aromatic N) is 1. The molecule has 0 saturated heterocycles. The smallest absolute Gasteiger partial charge is 0.0471 e. The molecule has 0 spiro atoms. The molecule has 1 aromatic carbocycles. The highest BCUT2D eigenvalue weighted by Crippen LogP contribution is 2.31. The minimum Gasteiger partial charge on any atom is -0.369 e. The van der Waals surface area contributed by atoms with Crippen molar-refractivity contribution in [1.29, 1.82) is 0 Å². The standard InChI is InChI=1S/C14H23ClN2/c1-6-14(2,3)17(5)13-9-7-8-12(15)11(13)10-16-4/h7-9,16H,6,10H2,1-5H3. The van der Waals surface area contributed by atoms with Crippen LogP contribution in [-0.4, -0.2) is 19.6 Å². The van der Waals surface area contributed by atoms with Crippen LogP contribution < -0.4 is 10.2 Å². The summed E-state index contributed by atoms with van der Waals surface area (Å²) in [5.41, 5.74) is 2.51. The third kappa shape index (κ3) is 3.14. The van der Waals surface area contributed by atoms with E-state index in [0.29, 0.717) is 0 Å². The number of nitrogens with one attached hydrogen (secondary N) is 1. The van der Waals surface area contributed by atoms with Crippen LogP contribution in [0.2, 0.25) is 5.02 Å². The van der Waals surface area contributed by atoms with E-state index < -0.39 is 0 Å². The molecule has 0 fully saturated rings. The van der Waals surface area contributed by atoms with Crippen molar-refractivity contribution in [2.45, 2.75) is 39.3 Å². The van der Waals surface area contributed by atoms with Gasteiger partial charge in [-0.1, -0.05) is 24.6 Å². The molecule has 3 heteroatoms. The summed E-state index contributed by atoms with van der Waals surface area (Å²) in [5, 5.41) is 4.01. The van der Waals surface area contributed by atoms with E-state index in [1.807, 2.05) is 19.2 Å². The lowest BCUT2D eigenvalue weighted by atomic mass is 9.98. The second-order valence-electron chi connectivity index (χ2n) is 4.99. The summed E-state index contributed by atoms with van der Waals surface area (Å²) >= 11 is 6.28. The van der Waals surface area contributed by atoms with E-state index in [-0.39, 0.29) is 5.54 Å². The maximum Gasteiger partial charge on any atom is 0.0471 e. The van der Waals surface area contributed by atoms with Gasteiger partial charge in [-0.15, -0.1) is 0 Å². The first kappa shape index (κ1) is 14.3. The van der Waals surface area contributed by atoms with Gasteiger partial charge in [-0.3, -0.25) is 0 Å². The molecule has 1 N–H and O–H groups in total. The lowest BCUT2D eigenvalue weighted by Gasteiger charge is -2.38. The van der Waals surface area contributed by atoms with E-state index in [2.05, 4.69) is 44.1 Å². The fraction of sp³-hybridized carbons (Fsp3) is 0.571. The number of hydrogen-bond donors (Lipinski definition) is 1. The van der Waals surface area contributed by atoms with Crippen molar-refractivity contribution in [2.75, 3.05) is 19.0 Å². The molecular weight excluding hydrogens is 232 g/mol. The molecular formula is C14H23ClN2. The first-order chi connectivity index (χ1) is 7.94. The fourth-order valence-corrected chi connectivity index (χ4v) is 2.01. The Morgan fingerprint density at radius 1 is 1.35 bits per heavy atom. The van der Waals surface area contributed by atoms with E-state index in [0.717, 1.165) is 18.0 Å².